The lowest BCUT2D eigenvalue weighted by Crippen LogP contribution is -2.13. The van der Waals surface area contributed by atoms with Gasteiger partial charge in [0.05, 0.1) is 5.56 Å². The molecule has 0 atom stereocenters. The highest BCUT2D eigenvalue weighted by Crippen LogP contribution is 2.30. The number of hydrogen-bond acceptors (Lipinski definition) is 2. The molecule has 0 aliphatic rings. The fourth-order valence-corrected chi connectivity index (χ4v) is 3.01. The van der Waals surface area contributed by atoms with E-state index in [0.29, 0.717) is 17.1 Å². The molecule has 28 heavy (non-hydrogen) atoms. The maximum atomic E-state index is 13.0. The predicted octanol–water partition coefficient (Wildman–Crippen LogP) is 6.40. The molecule has 0 heterocycles. The van der Waals surface area contributed by atoms with Gasteiger partial charge in [0, 0.05) is 11.3 Å². The maximum absolute atomic E-state index is 13.0. The van der Waals surface area contributed by atoms with E-state index in [4.69, 9.17) is 4.74 Å². The zero-order chi connectivity index (χ0) is 19.2. The molecule has 0 bridgehead atoms. The number of ether oxygens (including phenoxy) is 1. The second-order valence-electron chi connectivity index (χ2n) is 6.28. The topological polar surface area (TPSA) is 38.3 Å². The number of rotatable bonds is 5. The quantitative estimate of drug-likeness (QED) is 0.444. The zero-order valence-corrected chi connectivity index (χ0v) is 15.2. The summed E-state index contributed by atoms with van der Waals surface area (Å²) < 4.78 is 5.92. The van der Waals surface area contributed by atoms with E-state index in [9.17, 15) is 4.79 Å². The van der Waals surface area contributed by atoms with Crippen molar-refractivity contribution in [3.05, 3.63) is 115 Å². The second-order valence-corrected chi connectivity index (χ2v) is 6.28. The molecule has 0 aromatic heterocycles. The maximum Gasteiger partial charge on any atom is 0.259 e. The van der Waals surface area contributed by atoms with Crippen molar-refractivity contribution in [2.75, 3.05) is 5.32 Å². The third-order valence-corrected chi connectivity index (χ3v) is 4.36. The molecule has 0 radical (unpaired) electrons. The van der Waals surface area contributed by atoms with E-state index in [1.54, 1.807) is 12.1 Å². The minimum absolute atomic E-state index is 0.213. The molecule has 4 aromatic carbocycles. The van der Waals surface area contributed by atoms with E-state index in [1.807, 2.05) is 97.1 Å². The van der Waals surface area contributed by atoms with Crippen LogP contribution in [0.4, 0.5) is 5.69 Å². The third kappa shape index (κ3) is 3.94. The van der Waals surface area contributed by atoms with Crippen molar-refractivity contribution in [3.63, 3.8) is 0 Å². The van der Waals surface area contributed by atoms with E-state index < -0.39 is 0 Å². The molecular weight excluding hydrogens is 346 g/mol. The zero-order valence-electron chi connectivity index (χ0n) is 15.2. The molecule has 136 valence electrons. The largest absolute Gasteiger partial charge is 0.457 e. The molecule has 3 heteroatoms. The summed E-state index contributed by atoms with van der Waals surface area (Å²) in [6.45, 7) is 0. The number of carbonyl (C=O) groups is 1. The van der Waals surface area contributed by atoms with Crippen molar-refractivity contribution in [2.24, 2.45) is 0 Å². The van der Waals surface area contributed by atoms with Crippen molar-refractivity contribution in [1.82, 2.24) is 0 Å². The van der Waals surface area contributed by atoms with Gasteiger partial charge >= 0.3 is 0 Å². The highest BCUT2D eigenvalue weighted by Gasteiger charge is 2.15. The lowest BCUT2D eigenvalue weighted by molar-refractivity contribution is 0.102. The fraction of sp³-hybridized carbons (Fsp3) is 0. The molecule has 1 amide bonds. The molecule has 0 saturated heterocycles. The van der Waals surface area contributed by atoms with Gasteiger partial charge in [-0.05, 0) is 35.9 Å². The SMILES string of the molecule is O=C(Nc1ccccc1-c1ccccc1)c1ccccc1Oc1ccccc1. The molecule has 3 nitrogen and oxygen atoms in total. The first-order valence-corrected chi connectivity index (χ1v) is 9.09. The summed E-state index contributed by atoms with van der Waals surface area (Å²) in [4.78, 5) is 13.0. The van der Waals surface area contributed by atoms with E-state index in [-0.39, 0.29) is 5.91 Å². The van der Waals surface area contributed by atoms with Gasteiger partial charge in [0.2, 0.25) is 0 Å². The molecule has 0 unspecified atom stereocenters. The van der Waals surface area contributed by atoms with E-state index in [1.165, 1.54) is 0 Å². The van der Waals surface area contributed by atoms with Gasteiger partial charge in [0.25, 0.3) is 5.91 Å². The summed E-state index contributed by atoms with van der Waals surface area (Å²) in [5.74, 6) is 0.991. The van der Waals surface area contributed by atoms with E-state index in [0.717, 1.165) is 16.8 Å². The van der Waals surface area contributed by atoms with Gasteiger partial charge in [-0.1, -0.05) is 78.9 Å². The summed E-state index contributed by atoms with van der Waals surface area (Å²) in [5.41, 5.74) is 3.26. The van der Waals surface area contributed by atoms with Gasteiger partial charge in [0.1, 0.15) is 11.5 Å². The molecule has 4 aromatic rings. The number of carbonyl (C=O) groups excluding carboxylic acids is 1. The first-order valence-electron chi connectivity index (χ1n) is 9.09. The van der Waals surface area contributed by atoms with E-state index in [2.05, 4.69) is 5.32 Å². The molecule has 0 spiro atoms. The molecule has 0 saturated carbocycles. The normalized spacial score (nSPS) is 10.3. The minimum atomic E-state index is -0.213. The number of nitrogens with one attached hydrogen (secondary N) is 1. The summed E-state index contributed by atoms with van der Waals surface area (Å²) in [7, 11) is 0. The van der Waals surface area contributed by atoms with Crippen molar-refractivity contribution >= 4 is 11.6 Å². The van der Waals surface area contributed by atoms with Crippen LogP contribution in [0.5, 0.6) is 11.5 Å². The van der Waals surface area contributed by atoms with Gasteiger partial charge < -0.3 is 10.1 Å². The summed E-state index contributed by atoms with van der Waals surface area (Å²) >= 11 is 0. The Labute approximate surface area is 164 Å². The van der Waals surface area contributed by atoms with Crippen molar-refractivity contribution in [2.45, 2.75) is 0 Å². The van der Waals surface area contributed by atoms with Crippen LogP contribution in [0, 0.1) is 0 Å². The van der Waals surface area contributed by atoms with Gasteiger partial charge in [-0.15, -0.1) is 0 Å². The Bertz CT molecular complexity index is 1080. The Morgan fingerprint density at radius 3 is 2.04 bits per heavy atom. The van der Waals surface area contributed by atoms with Crippen LogP contribution in [0.1, 0.15) is 10.4 Å². The standard InChI is InChI=1S/C25H19NO2/c27-25(22-16-8-10-18-24(22)28-20-13-5-2-6-14-20)26-23-17-9-7-15-21(23)19-11-3-1-4-12-19/h1-18H,(H,26,27). The van der Waals surface area contributed by atoms with Gasteiger partial charge in [-0.25, -0.2) is 0 Å². The van der Waals surface area contributed by atoms with Crippen LogP contribution in [0.15, 0.2) is 109 Å². The monoisotopic (exact) mass is 365 g/mol. The summed E-state index contributed by atoms with van der Waals surface area (Å²) in [6, 6.07) is 34.4. The summed E-state index contributed by atoms with van der Waals surface area (Å²) in [6.07, 6.45) is 0. The Morgan fingerprint density at radius 1 is 0.643 bits per heavy atom. The van der Waals surface area contributed by atoms with Gasteiger partial charge in [-0.3, -0.25) is 4.79 Å². The molecule has 4 rings (SSSR count). The number of para-hydroxylation sites is 3. The number of amides is 1. The molecule has 0 fully saturated rings. The first kappa shape index (κ1) is 17.6. The average molecular weight is 365 g/mol. The number of anilines is 1. The predicted molar refractivity (Wildman–Crippen MR) is 113 cm³/mol. The minimum Gasteiger partial charge on any atom is -0.457 e. The molecule has 0 aliphatic carbocycles. The number of hydrogen-bond donors (Lipinski definition) is 1. The van der Waals surface area contributed by atoms with Crippen molar-refractivity contribution in [1.29, 1.82) is 0 Å². The van der Waals surface area contributed by atoms with Crippen LogP contribution >= 0.6 is 0 Å². The Hall–Kier alpha value is -3.85. The Morgan fingerprint density at radius 2 is 1.25 bits per heavy atom. The van der Waals surface area contributed by atoms with E-state index >= 15 is 0 Å². The van der Waals surface area contributed by atoms with Crippen molar-refractivity contribution < 1.29 is 9.53 Å². The Balaban J connectivity index is 1.62. The van der Waals surface area contributed by atoms with Crippen LogP contribution in [-0.4, -0.2) is 5.91 Å². The lowest BCUT2D eigenvalue weighted by atomic mass is 10.0. The second kappa shape index (κ2) is 8.23. The highest BCUT2D eigenvalue weighted by atomic mass is 16.5. The molecule has 0 aliphatic heterocycles. The number of benzene rings is 4. The highest BCUT2D eigenvalue weighted by molar-refractivity contribution is 6.08. The van der Waals surface area contributed by atoms with Gasteiger partial charge in [0.15, 0.2) is 0 Å². The lowest BCUT2D eigenvalue weighted by Gasteiger charge is -2.14. The van der Waals surface area contributed by atoms with Crippen LogP contribution < -0.4 is 10.1 Å². The van der Waals surface area contributed by atoms with Crippen LogP contribution in [0.3, 0.4) is 0 Å². The average Bonchev–Trinajstić information content (AvgIpc) is 2.76. The third-order valence-electron chi connectivity index (χ3n) is 4.36. The fourth-order valence-electron chi connectivity index (χ4n) is 3.01. The van der Waals surface area contributed by atoms with Crippen LogP contribution in [-0.2, 0) is 0 Å². The molecular formula is C25H19NO2. The van der Waals surface area contributed by atoms with Crippen LogP contribution in [0.2, 0.25) is 0 Å². The van der Waals surface area contributed by atoms with Crippen LogP contribution in [0.25, 0.3) is 11.1 Å². The molecule has 1 N–H and O–H groups in total. The summed E-state index contributed by atoms with van der Waals surface area (Å²) in [5, 5.41) is 3.03. The van der Waals surface area contributed by atoms with Gasteiger partial charge in [-0.2, -0.15) is 0 Å². The van der Waals surface area contributed by atoms with Crippen molar-refractivity contribution in [3.8, 4) is 22.6 Å². The first-order chi connectivity index (χ1) is 13.8. The smallest absolute Gasteiger partial charge is 0.259 e. The Kier molecular flexibility index (Phi) is 5.16.